The van der Waals surface area contributed by atoms with Crippen LogP contribution in [0, 0.1) is 17.5 Å². The summed E-state index contributed by atoms with van der Waals surface area (Å²) >= 11 is 0. The first-order chi connectivity index (χ1) is 8.97. The highest BCUT2D eigenvalue weighted by Gasteiger charge is 2.13. The van der Waals surface area contributed by atoms with Crippen LogP contribution in [0.3, 0.4) is 0 Å². The predicted octanol–water partition coefficient (Wildman–Crippen LogP) is 3.06. The van der Waals surface area contributed by atoms with Crippen molar-refractivity contribution in [3.8, 4) is 5.75 Å². The number of aromatic hydroxyl groups is 1. The van der Waals surface area contributed by atoms with Crippen molar-refractivity contribution in [2.45, 2.75) is 0 Å². The number of anilines is 1. The fraction of sp³-hybridized carbons (Fsp3) is 0. The van der Waals surface area contributed by atoms with Crippen molar-refractivity contribution in [2.24, 2.45) is 0 Å². The number of hydrogen-bond acceptors (Lipinski definition) is 2. The van der Waals surface area contributed by atoms with Crippen molar-refractivity contribution < 1.29 is 23.1 Å². The molecule has 19 heavy (non-hydrogen) atoms. The van der Waals surface area contributed by atoms with Gasteiger partial charge in [0.15, 0.2) is 11.6 Å². The third kappa shape index (κ3) is 2.85. The van der Waals surface area contributed by atoms with Crippen molar-refractivity contribution in [3.63, 3.8) is 0 Å². The zero-order valence-electron chi connectivity index (χ0n) is 9.45. The summed E-state index contributed by atoms with van der Waals surface area (Å²) in [6.07, 6.45) is 0. The molecule has 0 heterocycles. The van der Waals surface area contributed by atoms with Gasteiger partial charge in [0.05, 0.1) is 5.69 Å². The largest absolute Gasteiger partial charge is 0.508 e. The van der Waals surface area contributed by atoms with Gasteiger partial charge in [-0.15, -0.1) is 0 Å². The van der Waals surface area contributed by atoms with Crippen molar-refractivity contribution in [1.29, 1.82) is 0 Å². The minimum atomic E-state index is -1.33. The zero-order chi connectivity index (χ0) is 14.0. The number of benzene rings is 2. The Hall–Kier alpha value is -2.50. The van der Waals surface area contributed by atoms with E-state index < -0.39 is 29.0 Å². The summed E-state index contributed by atoms with van der Waals surface area (Å²) in [6.45, 7) is 0. The lowest BCUT2D eigenvalue weighted by Crippen LogP contribution is -2.13. The number of amides is 1. The fourth-order valence-corrected chi connectivity index (χ4v) is 1.43. The number of nitrogens with one attached hydrogen (secondary N) is 1. The number of halogens is 3. The maximum absolute atomic E-state index is 13.3. The molecule has 0 fully saturated rings. The molecule has 0 aromatic heterocycles. The summed E-state index contributed by atoms with van der Waals surface area (Å²) in [6, 6.07) is 6.07. The molecule has 0 radical (unpaired) electrons. The smallest absolute Gasteiger partial charge is 0.255 e. The van der Waals surface area contributed by atoms with Gasteiger partial charge in [-0.2, -0.15) is 0 Å². The number of rotatable bonds is 2. The molecule has 6 heteroatoms. The first-order valence-electron chi connectivity index (χ1n) is 5.22. The minimum absolute atomic E-state index is 0.0319. The van der Waals surface area contributed by atoms with E-state index in [9.17, 15) is 18.0 Å². The number of carbonyl (C=O) groups excluding carboxylic acids is 1. The number of hydrogen-bond donors (Lipinski definition) is 2. The van der Waals surface area contributed by atoms with Crippen LogP contribution in [0.25, 0.3) is 0 Å². The average molecular weight is 267 g/mol. The molecule has 0 spiro atoms. The first kappa shape index (κ1) is 12.9. The van der Waals surface area contributed by atoms with Crippen LogP contribution in [-0.4, -0.2) is 11.0 Å². The second-order valence-corrected chi connectivity index (χ2v) is 3.75. The molecule has 0 unspecified atom stereocenters. The molecule has 0 bridgehead atoms. The summed E-state index contributed by atoms with van der Waals surface area (Å²) < 4.78 is 39.0. The minimum Gasteiger partial charge on any atom is -0.508 e. The predicted molar refractivity (Wildman–Crippen MR) is 62.4 cm³/mol. The van der Waals surface area contributed by atoms with Gasteiger partial charge >= 0.3 is 0 Å². The van der Waals surface area contributed by atoms with Crippen molar-refractivity contribution in [1.82, 2.24) is 0 Å². The van der Waals surface area contributed by atoms with Gasteiger partial charge in [-0.25, -0.2) is 13.2 Å². The molecular weight excluding hydrogens is 259 g/mol. The summed E-state index contributed by atoms with van der Waals surface area (Å²) in [5, 5.41) is 11.2. The van der Waals surface area contributed by atoms with Gasteiger partial charge in [0.25, 0.3) is 5.91 Å². The standard InChI is InChI=1S/C13H8F3NO2/c14-9-5-11(16)12(6-10(9)15)17-13(19)7-1-3-8(18)4-2-7/h1-6,18H,(H,17,19). The van der Waals surface area contributed by atoms with Crippen molar-refractivity contribution >= 4 is 11.6 Å². The highest BCUT2D eigenvalue weighted by molar-refractivity contribution is 6.04. The Balaban J connectivity index is 2.24. The maximum atomic E-state index is 13.3. The van der Waals surface area contributed by atoms with E-state index in [0.717, 1.165) is 0 Å². The molecule has 0 aliphatic carbocycles. The van der Waals surface area contributed by atoms with Gasteiger partial charge in [0.1, 0.15) is 11.6 Å². The molecule has 3 nitrogen and oxygen atoms in total. The Morgan fingerprint density at radius 1 is 0.947 bits per heavy atom. The van der Waals surface area contributed by atoms with Crippen LogP contribution in [0.2, 0.25) is 0 Å². The van der Waals surface area contributed by atoms with E-state index in [2.05, 4.69) is 5.32 Å². The highest BCUT2D eigenvalue weighted by Crippen LogP contribution is 2.19. The lowest BCUT2D eigenvalue weighted by molar-refractivity contribution is 0.102. The number of carbonyl (C=O) groups is 1. The molecule has 2 rings (SSSR count). The van der Waals surface area contributed by atoms with Crippen LogP contribution in [0.4, 0.5) is 18.9 Å². The van der Waals surface area contributed by atoms with Gasteiger partial charge in [0, 0.05) is 17.7 Å². The Kier molecular flexibility index (Phi) is 3.41. The number of phenolic OH excluding ortho intramolecular Hbond substituents is 1. The highest BCUT2D eigenvalue weighted by atomic mass is 19.2. The molecule has 0 saturated carbocycles. The Morgan fingerprint density at radius 2 is 1.53 bits per heavy atom. The Bertz CT molecular complexity index is 627. The average Bonchev–Trinajstić information content (AvgIpc) is 2.36. The van der Waals surface area contributed by atoms with Crippen molar-refractivity contribution in [3.05, 3.63) is 59.4 Å². The van der Waals surface area contributed by atoms with Crippen LogP contribution in [0.15, 0.2) is 36.4 Å². The molecule has 0 aliphatic rings. The molecule has 98 valence electrons. The lowest BCUT2D eigenvalue weighted by Gasteiger charge is -2.07. The molecule has 1 amide bonds. The first-order valence-corrected chi connectivity index (χ1v) is 5.22. The fourth-order valence-electron chi connectivity index (χ4n) is 1.43. The van der Waals surface area contributed by atoms with E-state index in [0.29, 0.717) is 12.1 Å². The molecule has 2 aromatic carbocycles. The SMILES string of the molecule is O=C(Nc1cc(F)c(F)cc1F)c1ccc(O)cc1. The molecule has 0 atom stereocenters. The topological polar surface area (TPSA) is 49.3 Å². The van der Waals surface area contributed by atoms with E-state index in [1.165, 1.54) is 24.3 Å². The van der Waals surface area contributed by atoms with E-state index in [1.54, 1.807) is 0 Å². The van der Waals surface area contributed by atoms with Crippen LogP contribution < -0.4 is 5.32 Å². The normalized spacial score (nSPS) is 10.3. The third-order valence-corrected chi connectivity index (χ3v) is 2.39. The van der Waals surface area contributed by atoms with Gasteiger partial charge in [-0.1, -0.05) is 0 Å². The Labute approximate surface area is 106 Å². The molecular formula is C13H8F3NO2. The van der Waals surface area contributed by atoms with Crippen LogP contribution >= 0.6 is 0 Å². The van der Waals surface area contributed by atoms with Gasteiger partial charge in [-0.3, -0.25) is 4.79 Å². The van der Waals surface area contributed by atoms with E-state index in [4.69, 9.17) is 5.11 Å². The van der Waals surface area contributed by atoms with E-state index in [1.807, 2.05) is 0 Å². The monoisotopic (exact) mass is 267 g/mol. The van der Waals surface area contributed by atoms with Crippen molar-refractivity contribution in [2.75, 3.05) is 5.32 Å². The van der Waals surface area contributed by atoms with E-state index in [-0.39, 0.29) is 11.3 Å². The van der Waals surface area contributed by atoms with E-state index >= 15 is 0 Å². The van der Waals surface area contributed by atoms with Gasteiger partial charge in [-0.05, 0) is 24.3 Å². The maximum Gasteiger partial charge on any atom is 0.255 e. The molecule has 0 aliphatic heterocycles. The summed E-state index contributed by atoms with van der Waals surface area (Å²) in [5.41, 5.74) is -0.320. The molecule has 2 N–H and O–H groups in total. The van der Waals surface area contributed by atoms with Gasteiger partial charge in [0.2, 0.25) is 0 Å². The zero-order valence-corrected chi connectivity index (χ0v) is 9.45. The Morgan fingerprint density at radius 3 is 2.16 bits per heavy atom. The summed E-state index contributed by atoms with van der Waals surface area (Å²) in [5.74, 6) is -4.41. The number of phenols is 1. The summed E-state index contributed by atoms with van der Waals surface area (Å²) in [7, 11) is 0. The lowest BCUT2D eigenvalue weighted by atomic mass is 10.2. The van der Waals surface area contributed by atoms with Crippen LogP contribution in [0.5, 0.6) is 5.75 Å². The quantitative estimate of drug-likeness (QED) is 0.821. The third-order valence-electron chi connectivity index (χ3n) is 2.39. The second kappa shape index (κ2) is 5.01. The van der Waals surface area contributed by atoms with Gasteiger partial charge < -0.3 is 10.4 Å². The van der Waals surface area contributed by atoms with Crippen LogP contribution in [0.1, 0.15) is 10.4 Å². The molecule has 2 aromatic rings. The molecule has 0 saturated heterocycles. The second-order valence-electron chi connectivity index (χ2n) is 3.75. The van der Waals surface area contributed by atoms with Crippen LogP contribution in [-0.2, 0) is 0 Å². The summed E-state index contributed by atoms with van der Waals surface area (Å²) in [4.78, 5) is 11.7.